The summed E-state index contributed by atoms with van der Waals surface area (Å²) in [6.45, 7) is 0.858. The van der Waals surface area contributed by atoms with Crippen molar-refractivity contribution in [1.29, 1.82) is 0 Å². The van der Waals surface area contributed by atoms with E-state index in [9.17, 15) is 4.79 Å². The number of carbonyl (C=O) groups is 1. The molecular weight excluding hydrogens is 212 g/mol. The first-order valence-corrected chi connectivity index (χ1v) is 5.95. The summed E-state index contributed by atoms with van der Waals surface area (Å²) in [6.07, 6.45) is 2.04. The van der Waals surface area contributed by atoms with Crippen molar-refractivity contribution in [2.45, 2.75) is 0 Å². The van der Waals surface area contributed by atoms with Gasteiger partial charge in [0.2, 0.25) is 0 Å². The van der Waals surface area contributed by atoms with E-state index in [1.807, 2.05) is 24.3 Å². The molecule has 0 radical (unpaired) electrons. The Kier molecular flexibility index (Phi) is 4.42. The average molecular weight is 226 g/mol. The van der Waals surface area contributed by atoms with E-state index >= 15 is 0 Å². The van der Waals surface area contributed by atoms with Crippen LogP contribution in [-0.4, -0.2) is 41.7 Å². The standard InChI is InChI=1S/C10H14N2O2S/c1-12(6-7-15-2)9-5-3-4-8(11-9)10(13)14/h3-5H,6-7H2,1-2H3,(H,13,14). The van der Waals surface area contributed by atoms with Gasteiger partial charge in [0.1, 0.15) is 5.82 Å². The van der Waals surface area contributed by atoms with E-state index in [-0.39, 0.29) is 5.69 Å². The van der Waals surface area contributed by atoms with Crippen LogP contribution in [0.4, 0.5) is 5.82 Å². The lowest BCUT2D eigenvalue weighted by Gasteiger charge is -2.17. The third-order valence-electron chi connectivity index (χ3n) is 1.98. The number of carboxylic acid groups (broad SMARTS) is 1. The van der Waals surface area contributed by atoms with Crippen LogP contribution in [0.25, 0.3) is 0 Å². The van der Waals surface area contributed by atoms with Crippen molar-refractivity contribution in [3.05, 3.63) is 23.9 Å². The predicted molar refractivity (Wildman–Crippen MR) is 62.8 cm³/mol. The number of thioether (sulfide) groups is 1. The highest BCUT2D eigenvalue weighted by Crippen LogP contribution is 2.10. The molecule has 0 spiro atoms. The van der Waals surface area contributed by atoms with Gasteiger partial charge in [0.25, 0.3) is 0 Å². The van der Waals surface area contributed by atoms with Crippen LogP contribution in [0.15, 0.2) is 18.2 Å². The molecule has 1 aromatic rings. The largest absolute Gasteiger partial charge is 0.477 e. The van der Waals surface area contributed by atoms with E-state index in [1.165, 1.54) is 6.07 Å². The molecule has 82 valence electrons. The number of anilines is 1. The molecule has 0 atom stereocenters. The van der Waals surface area contributed by atoms with Crippen molar-refractivity contribution in [2.75, 3.05) is 30.5 Å². The Morgan fingerprint density at radius 1 is 1.60 bits per heavy atom. The molecule has 0 aliphatic rings. The van der Waals surface area contributed by atoms with Crippen LogP contribution in [-0.2, 0) is 0 Å². The third kappa shape index (κ3) is 3.43. The van der Waals surface area contributed by atoms with Crippen LogP contribution in [0, 0.1) is 0 Å². The van der Waals surface area contributed by atoms with Gasteiger partial charge < -0.3 is 10.0 Å². The average Bonchev–Trinajstić information content (AvgIpc) is 2.26. The maximum atomic E-state index is 10.7. The number of pyridine rings is 1. The van der Waals surface area contributed by atoms with Gasteiger partial charge >= 0.3 is 5.97 Å². The molecule has 0 saturated carbocycles. The van der Waals surface area contributed by atoms with Crippen LogP contribution in [0.3, 0.4) is 0 Å². The van der Waals surface area contributed by atoms with Crippen LogP contribution in [0.1, 0.15) is 10.5 Å². The van der Waals surface area contributed by atoms with Crippen LogP contribution >= 0.6 is 11.8 Å². The second-order valence-corrected chi connectivity index (χ2v) is 4.09. The summed E-state index contributed by atoms with van der Waals surface area (Å²) < 4.78 is 0. The lowest BCUT2D eigenvalue weighted by atomic mass is 10.3. The molecule has 0 unspecified atom stereocenters. The summed E-state index contributed by atoms with van der Waals surface area (Å²) in [5.74, 6) is 0.703. The highest BCUT2D eigenvalue weighted by Gasteiger charge is 2.07. The maximum Gasteiger partial charge on any atom is 0.354 e. The zero-order chi connectivity index (χ0) is 11.3. The number of nitrogens with zero attached hydrogens (tertiary/aromatic N) is 2. The van der Waals surface area contributed by atoms with Gasteiger partial charge in [-0.25, -0.2) is 9.78 Å². The topological polar surface area (TPSA) is 53.4 Å². The first-order chi connectivity index (χ1) is 7.15. The van der Waals surface area contributed by atoms with Crippen LogP contribution in [0.2, 0.25) is 0 Å². The second kappa shape index (κ2) is 5.60. The Morgan fingerprint density at radius 2 is 2.33 bits per heavy atom. The summed E-state index contributed by atoms with van der Waals surface area (Å²) in [5.41, 5.74) is 0.0866. The van der Waals surface area contributed by atoms with Crippen molar-refractivity contribution in [1.82, 2.24) is 4.98 Å². The fourth-order valence-corrected chi connectivity index (χ4v) is 1.55. The normalized spacial score (nSPS) is 10.0. The summed E-state index contributed by atoms with van der Waals surface area (Å²) in [4.78, 5) is 16.7. The van der Waals surface area contributed by atoms with Gasteiger partial charge in [0, 0.05) is 19.3 Å². The van der Waals surface area contributed by atoms with Gasteiger partial charge in [-0.2, -0.15) is 11.8 Å². The molecule has 15 heavy (non-hydrogen) atoms. The van der Waals surface area contributed by atoms with Gasteiger partial charge in [-0.15, -0.1) is 0 Å². The molecule has 0 amide bonds. The third-order valence-corrected chi connectivity index (χ3v) is 2.57. The Hall–Kier alpha value is -1.23. The van der Waals surface area contributed by atoms with E-state index in [0.29, 0.717) is 5.82 Å². The molecular formula is C10H14N2O2S. The first kappa shape index (κ1) is 11.8. The zero-order valence-electron chi connectivity index (χ0n) is 8.80. The number of hydrogen-bond acceptors (Lipinski definition) is 4. The van der Waals surface area contributed by atoms with Crippen molar-refractivity contribution < 1.29 is 9.90 Å². The van der Waals surface area contributed by atoms with Crippen LogP contribution in [0.5, 0.6) is 0 Å². The molecule has 5 heteroatoms. The quantitative estimate of drug-likeness (QED) is 0.826. The SMILES string of the molecule is CSCCN(C)c1cccc(C(=O)O)n1. The van der Waals surface area contributed by atoms with E-state index < -0.39 is 5.97 Å². The van der Waals surface area contributed by atoms with E-state index in [2.05, 4.69) is 4.98 Å². The smallest absolute Gasteiger partial charge is 0.354 e. The van der Waals surface area contributed by atoms with E-state index in [0.717, 1.165) is 12.3 Å². The molecule has 0 aliphatic heterocycles. The van der Waals surface area contributed by atoms with Crippen molar-refractivity contribution in [2.24, 2.45) is 0 Å². The fraction of sp³-hybridized carbons (Fsp3) is 0.400. The van der Waals surface area contributed by atoms with Gasteiger partial charge in [-0.3, -0.25) is 0 Å². The number of aromatic nitrogens is 1. The molecule has 4 nitrogen and oxygen atoms in total. The van der Waals surface area contributed by atoms with Crippen molar-refractivity contribution in [3.8, 4) is 0 Å². The summed E-state index contributed by atoms with van der Waals surface area (Å²) >= 11 is 1.75. The molecule has 0 aliphatic carbocycles. The Balaban J connectivity index is 2.76. The lowest BCUT2D eigenvalue weighted by molar-refractivity contribution is 0.0690. The predicted octanol–water partition coefficient (Wildman–Crippen LogP) is 1.58. The summed E-state index contributed by atoms with van der Waals surface area (Å²) in [6, 6.07) is 5.02. The molecule has 0 fully saturated rings. The number of aromatic carboxylic acids is 1. The highest BCUT2D eigenvalue weighted by atomic mass is 32.2. The minimum atomic E-state index is -0.991. The Morgan fingerprint density at radius 3 is 2.93 bits per heavy atom. The number of rotatable bonds is 5. The number of hydrogen-bond donors (Lipinski definition) is 1. The molecule has 1 rings (SSSR count). The minimum Gasteiger partial charge on any atom is -0.477 e. The van der Waals surface area contributed by atoms with Gasteiger partial charge in [-0.1, -0.05) is 6.07 Å². The molecule has 0 bridgehead atoms. The summed E-state index contributed by atoms with van der Waals surface area (Å²) in [5, 5.41) is 8.78. The zero-order valence-corrected chi connectivity index (χ0v) is 9.62. The molecule has 1 heterocycles. The van der Waals surface area contributed by atoms with E-state index in [1.54, 1.807) is 17.8 Å². The second-order valence-electron chi connectivity index (χ2n) is 3.10. The molecule has 1 aromatic heterocycles. The Bertz CT molecular complexity index is 344. The van der Waals surface area contributed by atoms with Crippen LogP contribution < -0.4 is 4.90 Å². The molecule has 0 saturated heterocycles. The minimum absolute atomic E-state index is 0.0866. The van der Waals surface area contributed by atoms with Gasteiger partial charge in [-0.05, 0) is 18.4 Å². The monoisotopic (exact) mass is 226 g/mol. The molecule has 0 aromatic carbocycles. The fourth-order valence-electron chi connectivity index (χ4n) is 1.10. The van der Waals surface area contributed by atoms with Gasteiger partial charge in [0.05, 0.1) is 0 Å². The number of carboxylic acids is 1. The Labute approximate surface area is 93.3 Å². The first-order valence-electron chi connectivity index (χ1n) is 4.55. The molecule has 1 N–H and O–H groups in total. The highest BCUT2D eigenvalue weighted by molar-refractivity contribution is 7.98. The summed E-state index contributed by atoms with van der Waals surface area (Å²) in [7, 11) is 1.91. The van der Waals surface area contributed by atoms with Crippen molar-refractivity contribution >= 4 is 23.5 Å². The van der Waals surface area contributed by atoms with Crippen molar-refractivity contribution in [3.63, 3.8) is 0 Å². The lowest BCUT2D eigenvalue weighted by Crippen LogP contribution is -2.21. The van der Waals surface area contributed by atoms with E-state index in [4.69, 9.17) is 5.11 Å². The van der Waals surface area contributed by atoms with Gasteiger partial charge in [0.15, 0.2) is 5.69 Å². The maximum absolute atomic E-state index is 10.7.